The van der Waals surface area contributed by atoms with E-state index in [4.69, 9.17) is 4.74 Å². The van der Waals surface area contributed by atoms with Crippen molar-refractivity contribution in [3.8, 4) is 0 Å². The van der Waals surface area contributed by atoms with E-state index in [1.807, 2.05) is 24.5 Å². The van der Waals surface area contributed by atoms with Crippen LogP contribution in [0.2, 0.25) is 0 Å². The summed E-state index contributed by atoms with van der Waals surface area (Å²) in [4.78, 5) is 12.1. The lowest BCUT2D eigenvalue weighted by atomic mass is 9.46. The number of amides is 2. The summed E-state index contributed by atoms with van der Waals surface area (Å²) in [6, 6.07) is 4.29. The summed E-state index contributed by atoms with van der Waals surface area (Å²) in [5.41, 5.74) is 0.263. The van der Waals surface area contributed by atoms with Gasteiger partial charge in [0, 0.05) is 49.5 Å². The Morgan fingerprint density at radius 3 is 2.86 bits per heavy atom. The first-order valence-corrected chi connectivity index (χ1v) is 8.06. The molecule has 2 saturated carbocycles. The van der Waals surface area contributed by atoms with Crippen molar-refractivity contribution in [3.05, 3.63) is 24.5 Å². The van der Waals surface area contributed by atoms with Gasteiger partial charge in [-0.05, 0) is 31.4 Å². The van der Waals surface area contributed by atoms with Crippen LogP contribution in [0.3, 0.4) is 0 Å². The van der Waals surface area contributed by atoms with E-state index < -0.39 is 0 Å². The molecule has 2 amide bonds. The number of urea groups is 1. The standard InChI is InChI=1S/C16H23N3O2/c20-15(17-7-10-19-8-1-2-9-19)18-13-12-4-11-21-14(12)16(13)5-3-6-16/h1-2,8-9,12-14H,3-7,10-11H2,(H2,17,18,20)/t12-,13+,14-/m0/s1. The second kappa shape index (κ2) is 5.05. The van der Waals surface area contributed by atoms with Crippen LogP contribution >= 0.6 is 0 Å². The Morgan fingerprint density at radius 1 is 1.33 bits per heavy atom. The average Bonchev–Trinajstić information content (AvgIpc) is 3.05. The highest BCUT2D eigenvalue weighted by Gasteiger charge is 2.66. The molecule has 5 nitrogen and oxygen atoms in total. The van der Waals surface area contributed by atoms with Crippen molar-refractivity contribution in [1.29, 1.82) is 0 Å². The van der Waals surface area contributed by atoms with Crippen LogP contribution in [0.1, 0.15) is 25.7 Å². The molecule has 114 valence electrons. The highest BCUT2D eigenvalue weighted by Crippen LogP contribution is 2.62. The second-order valence-corrected chi connectivity index (χ2v) is 6.63. The number of nitrogens with one attached hydrogen (secondary N) is 2. The molecule has 0 bridgehead atoms. The number of carbonyl (C=O) groups excluding carboxylic acids is 1. The van der Waals surface area contributed by atoms with Gasteiger partial charge >= 0.3 is 6.03 Å². The van der Waals surface area contributed by atoms with Crippen molar-refractivity contribution in [2.45, 2.75) is 44.4 Å². The van der Waals surface area contributed by atoms with E-state index in [1.54, 1.807) is 0 Å². The van der Waals surface area contributed by atoms with Crippen molar-refractivity contribution >= 4 is 6.03 Å². The number of nitrogens with zero attached hydrogens (tertiary/aromatic N) is 1. The van der Waals surface area contributed by atoms with E-state index in [2.05, 4.69) is 15.2 Å². The van der Waals surface area contributed by atoms with Crippen molar-refractivity contribution in [3.63, 3.8) is 0 Å². The highest BCUT2D eigenvalue weighted by atomic mass is 16.5. The molecular formula is C16H23N3O2. The monoisotopic (exact) mass is 289 g/mol. The molecule has 3 atom stereocenters. The summed E-state index contributed by atoms with van der Waals surface area (Å²) in [6.07, 6.45) is 9.23. The molecule has 5 heteroatoms. The Labute approximate surface area is 125 Å². The maximum absolute atomic E-state index is 12.1. The first-order chi connectivity index (χ1) is 10.3. The molecule has 0 unspecified atom stereocenters. The van der Waals surface area contributed by atoms with Crippen LogP contribution in [-0.4, -0.2) is 35.9 Å². The van der Waals surface area contributed by atoms with Gasteiger partial charge in [-0.3, -0.25) is 0 Å². The van der Waals surface area contributed by atoms with Crippen LogP contribution < -0.4 is 10.6 Å². The molecule has 3 fully saturated rings. The third-order valence-corrected chi connectivity index (χ3v) is 5.64. The molecule has 1 saturated heterocycles. The van der Waals surface area contributed by atoms with Gasteiger partial charge in [0.25, 0.3) is 0 Å². The van der Waals surface area contributed by atoms with Crippen LogP contribution in [0.5, 0.6) is 0 Å². The topological polar surface area (TPSA) is 55.3 Å². The zero-order valence-electron chi connectivity index (χ0n) is 12.3. The fourth-order valence-electron chi connectivity index (χ4n) is 4.47. The normalized spacial score (nSPS) is 32.1. The Kier molecular flexibility index (Phi) is 3.17. The minimum Gasteiger partial charge on any atom is -0.377 e. The molecule has 3 aliphatic rings. The lowest BCUT2D eigenvalue weighted by molar-refractivity contribution is -0.172. The number of fused-ring (bicyclic) bond motifs is 2. The number of ether oxygens (including phenoxy) is 1. The number of hydrogen-bond acceptors (Lipinski definition) is 2. The summed E-state index contributed by atoms with van der Waals surface area (Å²) in [5.74, 6) is 0.542. The van der Waals surface area contributed by atoms with Crippen molar-refractivity contribution in [1.82, 2.24) is 15.2 Å². The predicted molar refractivity (Wildman–Crippen MR) is 78.9 cm³/mol. The lowest BCUT2D eigenvalue weighted by Crippen LogP contribution is -2.72. The van der Waals surface area contributed by atoms with Gasteiger partial charge in [0.15, 0.2) is 0 Å². The van der Waals surface area contributed by atoms with Crippen LogP contribution in [0, 0.1) is 11.3 Å². The minimum atomic E-state index is -0.0243. The quantitative estimate of drug-likeness (QED) is 0.887. The highest BCUT2D eigenvalue weighted by molar-refractivity contribution is 5.74. The summed E-state index contributed by atoms with van der Waals surface area (Å²) in [7, 11) is 0. The summed E-state index contributed by atoms with van der Waals surface area (Å²) in [6.45, 7) is 2.33. The molecule has 2 N–H and O–H groups in total. The maximum Gasteiger partial charge on any atom is 0.315 e. The molecule has 0 radical (unpaired) electrons. The summed E-state index contributed by atoms with van der Waals surface area (Å²) >= 11 is 0. The predicted octanol–water partition coefficient (Wildman–Crippen LogP) is 1.74. The van der Waals surface area contributed by atoms with Crippen LogP contribution in [0.15, 0.2) is 24.5 Å². The average molecular weight is 289 g/mol. The SMILES string of the molecule is O=C(NCCn1cccc1)N[C@@H]1[C@@H]2CCO[C@@H]2C12CCC2. The number of aromatic nitrogens is 1. The van der Waals surface area contributed by atoms with Gasteiger partial charge in [-0.15, -0.1) is 0 Å². The fraction of sp³-hybridized carbons (Fsp3) is 0.688. The third kappa shape index (κ3) is 2.06. The fourth-order valence-corrected chi connectivity index (χ4v) is 4.47. The van der Waals surface area contributed by atoms with Gasteiger partial charge in [0.2, 0.25) is 0 Å². The number of hydrogen-bond donors (Lipinski definition) is 2. The summed E-state index contributed by atoms with van der Waals surface area (Å²) < 4.78 is 7.94. The van der Waals surface area contributed by atoms with Gasteiger partial charge in [0.05, 0.1) is 6.10 Å². The summed E-state index contributed by atoms with van der Waals surface area (Å²) in [5, 5.41) is 6.20. The molecule has 1 aromatic rings. The van der Waals surface area contributed by atoms with Gasteiger partial charge in [-0.2, -0.15) is 0 Å². The van der Waals surface area contributed by atoms with Crippen molar-refractivity contribution < 1.29 is 9.53 Å². The van der Waals surface area contributed by atoms with Crippen LogP contribution in [-0.2, 0) is 11.3 Å². The van der Waals surface area contributed by atoms with Gasteiger partial charge in [-0.25, -0.2) is 4.79 Å². The molecular weight excluding hydrogens is 266 g/mol. The molecule has 2 heterocycles. The Bertz CT molecular complexity index is 510. The molecule has 1 aliphatic heterocycles. The molecule has 0 aromatic carbocycles. The van der Waals surface area contributed by atoms with E-state index in [0.717, 1.165) is 19.6 Å². The second-order valence-electron chi connectivity index (χ2n) is 6.63. The Balaban J connectivity index is 1.28. The van der Waals surface area contributed by atoms with Gasteiger partial charge in [-0.1, -0.05) is 6.42 Å². The zero-order valence-corrected chi connectivity index (χ0v) is 12.3. The van der Waals surface area contributed by atoms with Crippen LogP contribution in [0.4, 0.5) is 4.79 Å². The molecule has 1 spiro atoms. The Morgan fingerprint density at radius 2 is 2.14 bits per heavy atom. The van der Waals surface area contributed by atoms with Crippen LogP contribution in [0.25, 0.3) is 0 Å². The first-order valence-electron chi connectivity index (χ1n) is 8.06. The van der Waals surface area contributed by atoms with Gasteiger partial charge < -0.3 is 19.9 Å². The van der Waals surface area contributed by atoms with Crippen molar-refractivity contribution in [2.24, 2.45) is 11.3 Å². The minimum absolute atomic E-state index is 0.0243. The third-order valence-electron chi connectivity index (χ3n) is 5.64. The molecule has 4 rings (SSSR count). The number of carbonyl (C=O) groups is 1. The van der Waals surface area contributed by atoms with E-state index in [-0.39, 0.29) is 11.4 Å². The van der Waals surface area contributed by atoms with E-state index in [1.165, 1.54) is 19.3 Å². The maximum atomic E-state index is 12.1. The largest absolute Gasteiger partial charge is 0.377 e. The zero-order chi connectivity index (χ0) is 14.3. The Hall–Kier alpha value is -1.49. The van der Waals surface area contributed by atoms with Gasteiger partial charge in [0.1, 0.15) is 0 Å². The first kappa shape index (κ1) is 13.2. The molecule has 1 aromatic heterocycles. The molecule has 21 heavy (non-hydrogen) atoms. The number of rotatable bonds is 4. The lowest BCUT2D eigenvalue weighted by Gasteiger charge is -2.63. The van der Waals surface area contributed by atoms with E-state index in [9.17, 15) is 4.79 Å². The van der Waals surface area contributed by atoms with E-state index in [0.29, 0.717) is 24.6 Å². The van der Waals surface area contributed by atoms with Crippen molar-refractivity contribution in [2.75, 3.05) is 13.2 Å². The van der Waals surface area contributed by atoms with E-state index >= 15 is 0 Å². The smallest absolute Gasteiger partial charge is 0.315 e. The molecule has 2 aliphatic carbocycles.